The fourth-order valence-corrected chi connectivity index (χ4v) is 2.58. The summed E-state index contributed by atoms with van der Waals surface area (Å²) >= 11 is 0. The maximum Gasteiger partial charge on any atom is 0.241 e. The normalized spacial score (nSPS) is 18.1. The van der Waals surface area contributed by atoms with E-state index in [2.05, 4.69) is 23.1 Å². The van der Waals surface area contributed by atoms with Gasteiger partial charge in [0.1, 0.15) is 0 Å². The highest BCUT2D eigenvalue weighted by Gasteiger charge is 2.27. The van der Waals surface area contributed by atoms with E-state index in [1.54, 1.807) is 4.90 Å². The van der Waals surface area contributed by atoms with E-state index >= 15 is 0 Å². The molecule has 0 spiro atoms. The van der Waals surface area contributed by atoms with Crippen molar-refractivity contribution >= 4 is 11.6 Å². The molecule has 4 heteroatoms. The lowest BCUT2D eigenvalue weighted by Gasteiger charge is -2.38. The van der Waals surface area contributed by atoms with Crippen molar-refractivity contribution in [3.63, 3.8) is 0 Å². The zero-order valence-electron chi connectivity index (χ0n) is 11.8. The first-order valence-corrected chi connectivity index (χ1v) is 6.96. The van der Waals surface area contributed by atoms with Gasteiger partial charge >= 0.3 is 0 Å². The lowest BCUT2D eigenvalue weighted by atomic mass is 9.95. The number of rotatable bonds is 4. The number of nitrogens with two attached hydrogens (primary N) is 1. The van der Waals surface area contributed by atoms with Crippen molar-refractivity contribution < 1.29 is 4.79 Å². The predicted molar refractivity (Wildman–Crippen MR) is 78.3 cm³/mol. The quantitative estimate of drug-likeness (QED) is 0.887. The molecule has 0 fully saturated rings. The number of likely N-dealkylation sites (N-methyl/N-ethyl adjacent to an activating group) is 1. The number of anilines is 1. The van der Waals surface area contributed by atoms with Gasteiger partial charge < -0.3 is 15.5 Å². The largest absolute Gasteiger partial charge is 0.358 e. The van der Waals surface area contributed by atoms with Gasteiger partial charge in [0, 0.05) is 31.9 Å². The van der Waals surface area contributed by atoms with Crippen LogP contribution >= 0.6 is 0 Å². The number of hydrogen-bond donors (Lipinski definition) is 1. The van der Waals surface area contributed by atoms with Crippen molar-refractivity contribution in [2.24, 2.45) is 5.73 Å². The lowest BCUT2D eigenvalue weighted by molar-refractivity contribution is -0.128. The molecule has 1 aliphatic rings. The second-order valence-electron chi connectivity index (χ2n) is 5.09. The van der Waals surface area contributed by atoms with Gasteiger partial charge in [0.05, 0.1) is 6.54 Å². The highest BCUT2D eigenvalue weighted by molar-refractivity contribution is 5.82. The molecule has 2 rings (SSSR count). The number of carbonyl (C=O) groups is 1. The van der Waals surface area contributed by atoms with Crippen LogP contribution in [0.25, 0.3) is 0 Å². The Hall–Kier alpha value is -1.55. The molecule has 1 heterocycles. The molecule has 4 nitrogen and oxygen atoms in total. The third-order valence-electron chi connectivity index (χ3n) is 3.97. The van der Waals surface area contributed by atoms with Gasteiger partial charge in [-0.2, -0.15) is 0 Å². The first-order valence-electron chi connectivity index (χ1n) is 6.96. The predicted octanol–water partition coefficient (Wildman–Crippen LogP) is 1.24. The summed E-state index contributed by atoms with van der Waals surface area (Å²) in [7, 11) is 1.84. The molecule has 0 radical (unpaired) electrons. The van der Waals surface area contributed by atoms with Crippen molar-refractivity contribution in [2.45, 2.75) is 25.8 Å². The van der Waals surface area contributed by atoms with E-state index in [9.17, 15) is 4.79 Å². The number of fused-ring (bicyclic) bond motifs is 1. The molecular formula is C15H23N3O. The molecule has 1 atom stereocenters. The van der Waals surface area contributed by atoms with Gasteiger partial charge in [0.25, 0.3) is 0 Å². The van der Waals surface area contributed by atoms with Gasteiger partial charge in [-0.3, -0.25) is 4.79 Å². The molecule has 0 saturated carbocycles. The summed E-state index contributed by atoms with van der Waals surface area (Å²) in [6, 6.07) is 8.59. The summed E-state index contributed by atoms with van der Waals surface area (Å²) < 4.78 is 0. The second-order valence-corrected chi connectivity index (χ2v) is 5.09. The molecule has 104 valence electrons. The van der Waals surface area contributed by atoms with Crippen LogP contribution in [0, 0.1) is 0 Å². The molecule has 0 aromatic heterocycles. The van der Waals surface area contributed by atoms with Crippen molar-refractivity contribution in [1.82, 2.24) is 4.90 Å². The third kappa shape index (κ3) is 2.89. The molecule has 19 heavy (non-hydrogen) atoms. The highest BCUT2D eigenvalue weighted by atomic mass is 16.2. The minimum absolute atomic E-state index is 0.151. The second kappa shape index (κ2) is 6.06. The van der Waals surface area contributed by atoms with Gasteiger partial charge in [-0.15, -0.1) is 0 Å². The van der Waals surface area contributed by atoms with Crippen LogP contribution in [-0.2, 0) is 11.2 Å². The Morgan fingerprint density at radius 2 is 2.21 bits per heavy atom. The highest BCUT2D eigenvalue weighted by Crippen LogP contribution is 2.29. The average Bonchev–Trinajstić information content (AvgIpc) is 2.46. The van der Waals surface area contributed by atoms with Gasteiger partial charge in [-0.25, -0.2) is 0 Å². The molecule has 0 bridgehead atoms. The summed E-state index contributed by atoms with van der Waals surface area (Å²) in [4.78, 5) is 16.1. The first kappa shape index (κ1) is 13.9. The third-order valence-corrected chi connectivity index (χ3v) is 3.97. The number of hydrogen-bond acceptors (Lipinski definition) is 3. The number of carbonyl (C=O) groups excluding carboxylic acids is 1. The Morgan fingerprint density at radius 3 is 2.89 bits per heavy atom. The van der Waals surface area contributed by atoms with Crippen LogP contribution < -0.4 is 10.6 Å². The van der Waals surface area contributed by atoms with Crippen LogP contribution in [0.1, 0.15) is 18.9 Å². The number of para-hydroxylation sites is 1. The van der Waals surface area contributed by atoms with Crippen LogP contribution in [0.4, 0.5) is 5.69 Å². The van der Waals surface area contributed by atoms with Gasteiger partial charge in [0.15, 0.2) is 0 Å². The van der Waals surface area contributed by atoms with Gasteiger partial charge in [-0.1, -0.05) is 18.2 Å². The molecule has 2 N–H and O–H groups in total. The summed E-state index contributed by atoms with van der Waals surface area (Å²) in [6.07, 6.45) is 2.07. The molecule has 1 aliphatic heterocycles. The summed E-state index contributed by atoms with van der Waals surface area (Å²) in [6.45, 7) is 3.74. The van der Waals surface area contributed by atoms with E-state index in [1.165, 1.54) is 11.3 Å². The number of amides is 1. The summed E-state index contributed by atoms with van der Waals surface area (Å²) in [5, 5.41) is 0. The molecule has 0 aliphatic carbocycles. The monoisotopic (exact) mass is 261 g/mol. The zero-order chi connectivity index (χ0) is 13.8. The van der Waals surface area contributed by atoms with Crippen LogP contribution in [0.5, 0.6) is 0 Å². The van der Waals surface area contributed by atoms with E-state index in [4.69, 9.17) is 5.73 Å². The fraction of sp³-hybridized carbons (Fsp3) is 0.533. The Morgan fingerprint density at radius 1 is 1.47 bits per heavy atom. The molecule has 1 aromatic rings. The SMILES string of the molecule is CCN(C)C(=O)CN1c2ccccc2CCC1CN. The number of nitrogens with zero attached hydrogens (tertiary/aromatic N) is 2. The van der Waals surface area contributed by atoms with Crippen molar-refractivity contribution in [1.29, 1.82) is 0 Å². The van der Waals surface area contributed by atoms with Crippen LogP contribution in [-0.4, -0.2) is 43.5 Å². The zero-order valence-corrected chi connectivity index (χ0v) is 11.8. The van der Waals surface area contributed by atoms with Gasteiger partial charge in [0.2, 0.25) is 5.91 Å². The number of aryl methyl sites for hydroxylation is 1. The minimum atomic E-state index is 0.151. The van der Waals surface area contributed by atoms with Crippen LogP contribution in [0.15, 0.2) is 24.3 Å². The standard InChI is InChI=1S/C15H23N3O/c1-3-17(2)15(19)11-18-13(10-16)9-8-12-6-4-5-7-14(12)18/h4-7,13H,3,8-11,16H2,1-2H3. The Balaban J connectivity index is 2.22. The van der Waals surface area contributed by atoms with Crippen LogP contribution in [0.2, 0.25) is 0 Å². The molecule has 1 unspecified atom stereocenters. The maximum atomic E-state index is 12.2. The Labute approximate surface area is 115 Å². The Kier molecular flexibility index (Phi) is 4.43. The smallest absolute Gasteiger partial charge is 0.241 e. The van der Waals surface area contributed by atoms with Crippen molar-refractivity contribution in [2.75, 3.05) is 31.6 Å². The van der Waals surface area contributed by atoms with Crippen LogP contribution in [0.3, 0.4) is 0 Å². The van der Waals surface area contributed by atoms with E-state index < -0.39 is 0 Å². The van der Waals surface area contributed by atoms with Crippen molar-refractivity contribution in [3.05, 3.63) is 29.8 Å². The van der Waals surface area contributed by atoms with Crippen molar-refractivity contribution in [3.8, 4) is 0 Å². The molecule has 1 aromatic carbocycles. The lowest BCUT2D eigenvalue weighted by Crippen LogP contribution is -2.49. The topological polar surface area (TPSA) is 49.6 Å². The molecule has 1 amide bonds. The number of benzene rings is 1. The molecule has 0 saturated heterocycles. The fourth-order valence-electron chi connectivity index (χ4n) is 2.58. The van der Waals surface area contributed by atoms with E-state index in [0.717, 1.165) is 19.4 Å². The van der Waals surface area contributed by atoms with E-state index in [1.807, 2.05) is 20.0 Å². The Bertz CT molecular complexity index is 447. The molecular weight excluding hydrogens is 238 g/mol. The van der Waals surface area contributed by atoms with E-state index in [0.29, 0.717) is 13.1 Å². The summed E-state index contributed by atoms with van der Waals surface area (Å²) in [5.41, 5.74) is 8.36. The minimum Gasteiger partial charge on any atom is -0.358 e. The first-order chi connectivity index (χ1) is 9.17. The van der Waals surface area contributed by atoms with Gasteiger partial charge in [-0.05, 0) is 31.4 Å². The van der Waals surface area contributed by atoms with E-state index in [-0.39, 0.29) is 11.9 Å². The maximum absolute atomic E-state index is 12.2. The average molecular weight is 261 g/mol. The summed E-state index contributed by atoms with van der Waals surface area (Å²) in [5.74, 6) is 0.151.